The second-order valence-corrected chi connectivity index (χ2v) is 5.89. The number of aryl methyl sites for hydroxylation is 1. The lowest BCUT2D eigenvalue weighted by atomic mass is 10.2. The van der Waals surface area contributed by atoms with E-state index < -0.39 is 0 Å². The van der Waals surface area contributed by atoms with Crippen molar-refractivity contribution in [2.45, 2.75) is 6.92 Å². The summed E-state index contributed by atoms with van der Waals surface area (Å²) in [5, 5.41) is 3.88. The van der Waals surface area contributed by atoms with Crippen LogP contribution in [-0.4, -0.2) is 47.5 Å². The van der Waals surface area contributed by atoms with Gasteiger partial charge in [-0.25, -0.2) is 4.98 Å². The first-order valence-corrected chi connectivity index (χ1v) is 7.84. The van der Waals surface area contributed by atoms with Crippen LogP contribution in [0.1, 0.15) is 5.56 Å². The van der Waals surface area contributed by atoms with Crippen molar-refractivity contribution in [1.82, 2.24) is 14.9 Å². The van der Waals surface area contributed by atoms with Crippen LogP contribution in [-0.2, 0) is 4.79 Å². The monoisotopic (exact) mass is 331 g/mol. The maximum atomic E-state index is 10.8. The molecule has 1 aliphatic heterocycles. The third-order valence-corrected chi connectivity index (χ3v) is 4.11. The largest absolute Gasteiger partial charge is 0.353 e. The fraction of sp³-hybridized carbons (Fsp3) is 0.312. The molecule has 0 spiro atoms. The van der Waals surface area contributed by atoms with Gasteiger partial charge < -0.3 is 15.1 Å². The molecule has 2 aromatic rings. The van der Waals surface area contributed by atoms with E-state index in [9.17, 15) is 4.79 Å². The van der Waals surface area contributed by atoms with Gasteiger partial charge in [-0.1, -0.05) is 17.7 Å². The Morgan fingerprint density at radius 1 is 1.22 bits per heavy atom. The Balaban J connectivity index is 1.75. The van der Waals surface area contributed by atoms with Crippen LogP contribution in [0.15, 0.2) is 30.5 Å². The fourth-order valence-corrected chi connectivity index (χ4v) is 2.66. The van der Waals surface area contributed by atoms with E-state index >= 15 is 0 Å². The molecule has 1 fully saturated rings. The number of carbonyl (C=O) groups is 1. The number of anilines is 3. The number of carbonyl (C=O) groups excluding carboxylic acids is 1. The SMILES string of the molecule is Cc1ccc(Cl)cc1Nc1nccc(N2CCN(C=O)CC2)n1. The zero-order valence-electron chi connectivity index (χ0n) is 12.9. The van der Waals surface area contributed by atoms with E-state index in [0.29, 0.717) is 24.1 Å². The summed E-state index contributed by atoms with van der Waals surface area (Å²) in [4.78, 5) is 23.5. The summed E-state index contributed by atoms with van der Waals surface area (Å²) in [6.07, 6.45) is 2.63. The van der Waals surface area contributed by atoms with Crippen molar-refractivity contribution in [3.63, 3.8) is 0 Å². The maximum Gasteiger partial charge on any atom is 0.229 e. The number of piperazine rings is 1. The highest BCUT2D eigenvalue weighted by atomic mass is 35.5. The van der Waals surface area contributed by atoms with Gasteiger partial charge in [0, 0.05) is 43.1 Å². The van der Waals surface area contributed by atoms with Crippen LogP contribution < -0.4 is 10.2 Å². The number of amides is 1. The first-order valence-electron chi connectivity index (χ1n) is 7.46. The molecule has 0 aliphatic carbocycles. The Morgan fingerprint density at radius 3 is 2.74 bits per heavy atom. The molecule has 1 aromatic carbocycles. The summed E-state index contributed by atoms with van der Waals surface area (Å²) < 4.78 is 0. The number of benzene rings is 1. The Morgan fingerprint density at radius 2 is 2.00 bits per heavy atom. The van der Waals surface area contributed by atoms with Crippen molar-refractivity contribution in [1.29, 1.82) is 0 Å². The van der Waals surface area contributed by atoms with Gasteiger partial charge in [-0.05, 0) is 30.7 Å². The van der Waals surface area contributed by atoms with Crippen LogP contribution in [0.4, 0.5) is 17.5 Å². The standard InChI is InChI=1S/C16H18ClN5O/c1-12-2-3-13(17)10-14(12)19-16-18-5-4-15(20-16)22-8-6-21(11-23)7-9-22/h2-5,10-11H,6-9H2,1H3,(H,18,19,20). The van der Waals surface area contributed by atoms with Crippen molar-refractivity contribution in [2.24, 2.45) is 0 Å². The summed E-state index contributed by atoms with van der Waals surface area (Å²) in [6, 6.07) is 7.54. The lowest BCUT2D eigenvalue weighted by Gasteiger charge is -2.33. The van der Waals surface area contributed by atoms with E-state index in [1.54, 1.807) is 11.1 Å². The lowest BCUT2D eigenvalue weighted by molar-refractivity contribution is -0.118. The van der Waals surface area contributed by atoms with Gasteiger partial charge in [-0.3, -0.25) is 4.79 Å². The first kappa shape index (κ1) is 15.6. The quantitative estimate of drug-likeness (QED) is 0.872. The molecule has 1 aliphatic rings. The van der Waals surface area contributed by atoms with E-state index in [2.05, 4.69) is 20.2 Å². The van der Waals surface area contributed by atoms with Crippen LogP contribution in [0.5, 0.6) is 0 Å². The summed E-state index contributed by atoms with van der Waals surface area (Å²) in [5.41, 5.74) is 1.96. The maximum absolute atomic E-state index is 10.8. The molecule has 120 valence electrons. The van der Waals surface area contributed by atoms with E-state index in [1.165, 1.54) is 0 Å². The minimum atomic E-state index is 0.533. The van der Waals surface area contributed by atoms with Gasteiger partial charge >= 0.3 is 0 Å². The molecular weight excluding hydrogens is 314 g/mol. The Labute approximate surface area is 140 Å². The van der Waals surface area contributed by atoms with Crippen LogP contribution in [0.25, 0.3) is 0 Å². The van der Waals surface area contributed by atoms with Gasteiger partial charge in [0.05, 0.1) is 0 Å². The predicted octanol–water partition coefficient (Wildman–Crippen LogP) is 2.46. The Bertz CT molecular complexity index is 701. The summed E-state index contributed by atoms with van der Waals surface area (Å²) >= 11 is 6.04. The molecule has 0 saturated carbocycles. The molecule has 3 rings (SSSR count). The number of nitrogens with one attached hydrogen (secondary N) is 1. The van der Waals surface area contributed by atoms with Gasteiger partial charge in [-0.15, -0.1) is 0 Å². The molecular formula is C16H18ClN5O. The first-order chi connectivity index (χ1) is 11.2. The second kappa shape index (κ2) is 6.83. The highest BCUT2D eigenvalue weighted by molar-refractivity contribution is 6.30. The molecule has 1 N–H and O–H groups in total. The fourth-order valence-electron chi connectivity index (χ4n) is 2.49. The number of nitrogens with zero attached hydrogens (tertiary/aromatic N) is 4. The van der Waals surface area contributed by atoms with Crippen LogP contribution in [0.3, 0.4) is 0 Å². The molecule has 0 radical (unpaired) electrons. The van der Waals surface area contributed by atoms with Gasteiger partial charge in [-0.2, -0.15) is 4.98 Å². The molecule has 1 amide bonds. The summed E-state index contributed by atoms with van der Waals surface area (Å²) in [7, 11) is 0. The highest BCUT2D eigenvalue weighted by Gasteiger charge is 2.17. The van der Waals surface area contributed by atoms with E-state index in [-0.39, 0.29) is 0 Å². The second-order valence-electron chi connectivity index (χ2n) is 5.45. The van der Waals surface area contributed by atoms with Gasteiger partial charge in [0.1, 0.15) is 5.82 Å². The minimum absolute atomic E-state index is 0.533. The van der Waals surface area contributed by atoms with Crippen LogP contribution in [0, 0.1) is 6.92 Å². The number of rotatable bonds is 4. The van der Waals surface area contributed by atoms with E-state index in [1.807, 2.05) is 31.2 Å². The van der Waals surface area contributed by atoms with Gasteiger partial charge in [0.25, 0.3) is 0 Å². The molecule has 1 saturated heterocycles. The molecule has 0 unspecified atom stereocenters. The average molecular weight is 332 g/mol. The third-order valence-electron chi connectivity index (χ3n) is 3.87. The number of hydrogen-bond donors (Lipinski definition) is 1. The third kappa shape index (κ3) is 3.71. The molecule has 2 heterocycles. The van der Waals surface area contributed by atoms with E-state index in [4.69, 9.17) is 11.6 Å². The zero-order valence-corrected chi connectivity index (χ0v) is 13.6. The molecule has 0 bridgehead atoms. The molecule has 23 heavy (non-hydrogen) atoms. The van der Waals surface area contributed by atoms with Crippen molar-refractivity contribution in [3.8, 4) is 0 Å². The van der Waals surface area contributed by atoms with Crippen LogP contribution >= 0.6 is 11.6 Å². The smallest absolute Gasteiger partial charge is 0.229 e. The topological polar surface area (TPSA) is 61.4 Å². The number of hydrogen-bond acceptors (Lipinski definition) is 5. The van der Waals surface area contributed by atoms with Crippen molar-refractivity contribution in [2.75, 3.05) is 36.4 Å². The van der Waals surface area contributed by atoms with Gasteiger partial charge in [0.15, 0.2) is 0 Å². The predicted molar refractivity (Wildman–Crippen MR) is 91.4 cm³/mol. The molecule has 0 atom stereocenters. The number of aromatic nitrogens is 2. The Hall–Kier alpha value is -2.34. The lowest BCUT2D eigenvalue weighted by Crippen LogP contribution is -2.46. The van der Waals surface area contributed by atoms with Crippen molar-refractivity contribution >= 4 is 35.5 Å². The minimum Gasteiger partial charge on any atom is -0.353 e. The zero-order chi connectivity index (χ0) is 16.2. The average Bonchev–Trinajstić information content (AvgIpc) is 2.58. The Kier molecular flexibility index (Phi) is 4.62. The molecule has 6 nitrogen and oxygen atoms in total. The highest BCUT2D eigenvalue weighted by Crippen LogP contribution is 2.23. The summed E-state index contributed by atoms with van der Waals surface area (Å²) in [6.45, 7) is 4.96. The molecule has 1 aromatic heterocycles. The number of halogens is 1. The van der Waals surface area contributed by atoms with Crippen molar-refractivity contribution < 1.29 is 4.79 Å². The van der Waals surface area contributed by atoms with E-state index in [0.717, 1.165) is 36.6 Å². The molecule has 7 heteroatoms. The van der Waals surface area contributed by atoms with Gasteiger partial charge in [0.2, 0.25) is 12.4 Å². The normalized spacial score (nSPS) is 14.7. The van der Waals surface area contributed by atoms with Crippen LogP contribution in [0.2, 0.25) is 5.02 Å². The summed E-state index contributed by atoms with van der Waals surface area (Å²) in [5.74, 6) is 1.39. The van der Waals surface area contributed by atoms with Crippen molar-refractivity contribution in [3.05, 3.63) is 41.0 Å².